The van der Waals surface area contributed by atoms with Crippen LogP contribution < -0.4 is 9.80 Å². The van der Waals surface area contributed by atoms with E-state index >= 15 is 0 Å². The average Bonchev–Trinajstić information content (AvgIpc) is 2.76. The molecule has 33 heavy (non-hydrogen) atoms. The Bertz CT molecular complexity index is 1050. The number of aromatic nitrogens is 1. The van der Waals surface area contributed by atoms with Crippen molar-refractivity contribution in [2.45, 2.75) is 40.5 Å². The molecule has 1 heterocycles. The van der Waals surface area contributed by atoms with Gasteiger partial charge in [0.1, 0.15) is 12.2 Å². The fraction of sp³-hybridized carbons (Fsp3) is 0.435. The smallest absolute Gasteiger partial charge is 0.335 e. The number of carbonyl (C=O) groups is 1. The van der Waals surface area contributed by atoms with Gasteiger partial charge in [0.05, 0.1) is 33.9 Å². The Morgan fingerprint density at radius 2 is 1.88 bits per heavy atom. The van der Waals surface area contributed by atoms with Gasteiger partial charge in [0.25, 0.3) is 0 Å². The lowest BCUT2D eigenvalue weighted by Gasteiger charge is -2.28. The summed E-state index contributed by atoms with van der Waals surface area (Å²) in [5.41, 5.74) is 1.41. The highest BCUT2D eigenvalue weighted by atomic mass is 35.5. The number of ether oxygens (including phenoxy) is 1. The van der Waals surface area contributed by atoms with Crippen molar-refractivity contribution in [3.05, 3.63) is 50.7 Å². The number of nitro groups is 1. The quantitative estimate of drug-likeness (QED) is 0.250. The molecule has 0 spiro atoms. The molecule has 10 heteroatoms. The molecular formula is C23H28ClN5O4. The molecule has 0 unspecified atom stereocenters. The van der Waals surface area contributed by atoms with Gasteiger partial charge in [0.2, 0.25) is 5.82 Å². The van der Waals surface area contributed by atoms with Gasteiger partial charge in [-0.25, -0.2) is 4.98 Å². The predicted octanol–water partition coefficient (Wildman–Crippen LogP) is 5.15. The average molecular weight is 474 g/mol. The van der Waals surface area contributed by atoms with Crippen molar-refractivity contribution in [1.82, 2.24) is 4.98 Å². The number of nitrogens with zero attached hydrogens (tertiary/aromatic N) is 5. The number of halogens is 1. The lowest BCUT2D eigenvalue weighted by atomic mass is 10.1. The van der Waals surface area contributed by atoms with Crippen LogP contribution >= 0.6 is 11.6 Å². The molecule has 0 saturated heterocycles. The summed E-state index contributed by atoms with van der Waals surface area (Å²) < 4.78 is 5.10. The number of aryl methyl sites for hydroxylation is 1. The summed E-state index contributed by atoms with van der Waals surface area (Å²) in [5.74, 6) is -0.595. The summed E-state index contributed by atoms with van der Waals surface area (Å²) in [5, 5.41) is 21.7. The normalized spacial score (nSPS) is 10.4. The van der Waals surface area contributed by atoms with Crippen LogP contribution in [0.3, 0.4) is 0 Å². The van der Waals surface area contributed by atoms with Crippen LogP contribution in [-0.4, -0.2) is 42.1 Å². The zero-order valence-corrected chi connectivity index (χ0v) is 20.1. The monoisotopic (exact) mass is 473 g/mol. The third-order valence-corrected chi connectivity index (χ3v) is 5.11. The van der Waals surface area contributed by atoms with Crippen LogP contribution in [-0.2, 0) is 9.53 Å². The maximum Gasteiger partial charge on any atom is 0.335 e. The van der Waals surface area contributed by atoms with Crippen LogP contribution in [0.5, 0.6) is 0 Å². The second-order valence-electron chi connectivity index (χ2n) is 7.37. The minimum Gasteiger partial charge on any atom is -0.465 e. The SMILES string of the molecule is CCCN(CCC)c1cc(C)nc(N(CC(=O)OCC)c2ccc(C#N)cc2Cl)c1[N+](=O)[O-]. The maximum absolute atomic E-state index is 12.5. The van der Waals surface area contributed by atoms with Gasteiger partial charge in [-0.2, -0.15) is 5.26 Å². The first kappa shape index (κ1) is 25.9. The first-order chi connectivity index (χ1) is 15.8. The van der Waals surface area contributed by atoms with E-state index in [2.05, 4.69) is 4.98 Å². The molecule has 0 N–H and O–H groups in total. The molecule has 2 aromatic rings. The van der Waals surface area contributed by atoms with E-state index in [4.69, 9.17) is 16.3 Å². The van der Waals surface area contributed by atoms with Crippen LogP contribution in [0.4, 0.5) is 22.9 Å². The number of nitriles is 1. The molecule has 2 rings (SSSR count). The number of carbonyl (C=O) groups excluding carboxylic acids is 1. The first-order valence-corrected chi connectivity index (χ1v) is 11.2. The first-order valence-electron chi connectivity index (χ1n) is 10.8. The van der Waals surface area contributed by atoms with E-state index in [-0.39, 0.29) is 29.7 Å². The van der Waals surface area contributed by atoms with Crippen LogP contribution in [0, 0.1) is 28.4 Å². The van der Waals surface area contributed by atoms with Crippen LogP contribution in [0.25, 0.3) is 0 Å². The third-order valence-electron chi connectivity index (χ3n) is 4.81. The Morgan fingerprint density at radius 1 is 1.21 bits per heavy atom. The van der Waals surface area contributed by atoms with Crippen molar-refractivity contribution >= 4 is 40.5 Å². The zero-order valence-electron chi connectivity index (χ0n) is 19.3. The van der Waals surface area contributed by atoms with Gasteiger partial charge in [0.15, 0.2) is 0 Å². The van der Waals surface area contributed by atoms with E-state index in [0.717, 1.165) is 12.8 Å². The summed E-state index contributed by atoms with van der Waals surface area (Å²) >= 11 is 6.43. The van der Waals surface area contributed by atoms with Crippen molar-refractivity contribution in [3.8, 4) is 6.07 Å². The maximum atomic E-state index is 12.5. The third kappa shape index (κ3) is 6.33. The number of benzene rings is 1. The summed E-state index contributed by atoms with van der Waals surface area (Å²) in [6.45, 7) is 8.52. The summed E-state index contributed by atoms with van der Waals surface area (Å²) in [4.78, 5) is 32.1. The number of rotatable bonds is 11. The molecule has 0 saturated carbocycles. The fourth-order valence-corrected chi connectivity index (χ4v) is 3.82. The van der Waals surface area contributed by atoms with Gasteiger partial charge in [-0.1, -0.05) is 25.4 Å². The molecule has 0 atom stereocenters. The molecule has 0 amide bonds. The van der Waals surface area contributed by atoms with E-state index in [1.165, 1.54) is 17.0 Å². The number of esters is 1. The second-order valence-corrected chi connectivity index (χ2v) is 7.78. The highest BCUT2D eigenvalue weighted by molar-refractivity contribution is 6.33. The van der Waals surface area contributed by atoms with Gasteiger partial charge >= 0.3 is 11.7 Å². The summed E-state index contributed by atoms with van der Waals surface area (Å²) in [6.07, 6.45) is 1.61. The fourth-order valence-electron chi connectivity index (χ4n) is 3.54. The molecule has 0 aliphatic carbocycles. The molecule has 1 aromatic carbocycles. The zero-order chi connectivity index (χ0) is 24.5. The molecule has 0 aliphatic heterocycles. The highest BCUT2D eigenvalue weighted by Gasteiger charge is 2.32. The second kappa shape index (κ2) is 12.0. The van der Waals surface area contributed by atoms with Crippen LogP contribution in [0.1, 0.15) is 44.9 Å². The summed E-state index contributed by atoms with van der Waals surface area (Å²) in [7, 11) is 0. The predicted molar refractivity (Wildman–Crippen MR) is 128 cm³/mol. The van der Waals surface area contributed by atoms with Crippen molar-refractivity contribution < 1.29 is 14.5 Å². The topological polar surface area (TPSA) is 113 Å². The number of anilines is 3. The number of hydrogen-bond acceptors (Lipinski definition) is 8. The van der Waals surface area contributed by atoms with Crippen molar-refractivity contribution in [2.75, 3.05) is 36.0 Å². The van der Waals surface area contributed by atoms with Crippen LogP contribution in [0.15, 0.2) is 24.3 Å². The molecule has 0 aliphatic rings. The minimum absolute atomic E-state index is 0.00753. The van der Waals surface area contributed by atoms with E-state index in [1.807, 2.05) is 24.8 Å². The van der Waals surface area contributed by atoms with E-state index in [9.17, 15) is 20.2 Å². The minimum atomic E-state index is -0.587. The van der Waals surface area contributed by atoms with Gasteiger partial charge < -0.3 is 14.5 Å². The molecule has 176 valence electrons. The lowest BCUT2D eigenvalue weighted by molar-refractivity contribution is -0.383. The molecular weight excluding hydrogens is 446 g/mol. The van der Waals surface area contributed by atoms with Crippen LogP contribution in [0.2, 0.25) is 5.02 Å². The van der Waals surface area contributed by atoms with Gasteiger partial charge in [-0.05, 0) is 51.0 Å². The molecule has 0 radical (unpaired) electrons. The summed E-state index contributed by atoms with van der Waals surface area (Å²) in [6, 6.07) is 8.21. The number of pyridine rings is 1. The van der Waals surface area contributed by atoms with E-state index in [0.29, 0.717) is 35.7 Å². The Morgan fingerprint density at radius 3 is 2.39 bits per heavy atom. The Balaban J connectivity index is 2.80. The molecule has 9 nitrogen and oxygen atoms in total. The Hall–Kier alpha value is -3.38. The Kier molecular flexibility index (Phi) is 9.43. The molecule has 0 fully saturated rings. The van der Waals surface area contributed by atoms with Crippen molar-refractivity contribution in [3.63, 3.8) is 0 Å². The molecule has 0 bridgehead atoms. The van der Waals surface area contributed by atoms with E-state index in [1.54, 1.807) is 26.0 Å². The lowest BCUT2D eigenvalue weighted by Crippen LogP contribution is -2.30. The standard InChI is InChI=1S/C23H28ClN5O4/c1-5-10-27(11-6-2)20-12-16(4)26-23(22(20)29(31)32)28(15-21(30)33-7-3)19-9-8-17(14-25)13-18(19)24/h8-9,12-13H,5-7,10-11,15H2,1-4H3. The van der Waals surface area contributed by atoms with Crippen molar-refractivity contribution in [1.29, 1.82) is 5.26 Å². The van der Waals surface area contributed by atoms with Crippen molar-refractivity contribution in [2.24, 2.45) is 0 Å². The van der Waals surface area contributed by atoms with Gasteiger partial charge in [0, 0.05) is 18.8 Å². The van der Waals surface area contributed by atoms with Gasteiger partial charge in [-0.15, -0.1) is 0 Å². The Labute approximate surface area is 198 Å². The molecule has 1 aromatic heterocycles. The largest absolute Gasteiger partial charge is 0.465 e. The van der Waals surface area contributed by atoms with E-state index < -0.39 is 10.9 Å². The number of hydrogen-bond donors (Lipinski definition) is 0. The van der Waals surface area contributed by atoms with Gasteiger partial charge in [-0.3, -0.25) is 14.9 Å². The highest BCUT2D eigenvalue weighted by Crippen LogP contribution is 2.42.